The molecule has 1 aromatic heterocycles. The summed E-state index contributed by atoms with van der Waals surface area (Å²) in [6.07, 6.45) is 7.44. The number of carbonyl (C=O) groups excluding carboxylic acids is 1. The lowest BCUT2D eigenvalue weighted by Gasteiger charge is -2.40. The summed E-state index contributed by atoms with van der Waals surface area (Å²) in [4.78, 5) is 16.7. The molecule has 2 rings (SSSR count). The Hall–Kier alpha value is -1.70. The topological polar surface area (TPSA) is 182 Å². The zero-order valence-electron chi connectivity index (χ0n) is 24.4. The van der Waals surface area contributed by atoms with Crippen LogP contribution in [0.15, 0.2) is 24.5 Å². The van der Waals surface area contributed by atoms with Crippen LogP contribution in [0, 0.1) is 0 Å². The molecule has 0 spiro atoms. The Morgan fingerprint density at radius 3 is 2.02 bits per heavy atom. The van der Waals surface area contributed by atoms with Gasteiger partial charge in [-0.05, 0) is 18.6 Å². The lowest BCUT2D eigenvalue weighted by Crippen LogP contribution is -2.60. The van der Waals surface area contributed by atoms with E-state index in [1.807, 2.05) is 0 Å². The number of ether oxygens (including phenoxy) is 2. The molecule has 11 heteroatoms. The van der Waals surface area contributed by atoms with Gasteiger partial charge in [0.25, 0.3) is 5.91 Å². The summed E-state index contributed by atoms with van der Waals surface area (Å²) in [7, 11) is 0. The largest absolute Gasteiger partial charge is 0.394 e. The molecule has 11 nitrogen and oxygen atoms in total. The van der Waals surface area contributed by atoms with Crippen molar-refractivity contribution in [3.8, 4) is 0 Å². The van der Waals surface area contributed by atoms with E-state index in [1.54, 1.807) is 0 Å². The van der Waals surface area contributed by atoms with Gasteiger partial charge in [-0.2, -0.15) is 0 Å². The molecule has 1 saturated heterocycles. The van der Waals surface area contributed by atoms with Crippen molar-refractivity contribution in [1.29, 1.82) is 0 Å². The van der Waals surface area contributed by atoms with Crippen LogP contribution >= 0.6 is 0 Å². The van der Waals surface area contributed by atoms with Gasteiger partial charge < -0.3 is 45.4 Å². The van der Waals surface area contributed by atoms with Crippen molar-refractivity contribution in [3.63, 3.8) is 0 Å². The van der Waals surface area contributed by atoms with Crippen LogP contribution in [0.2, 0.25) is 0 Å². The highest BCUT2D eigenvalue weighted by molar-refractivity contribution is 5.94. The minimum atomic E-state index is -1.63. The first-order valence-electron chi connectivity index (χ1n) is 15.3. The van der Waals surface area contributed by atoms with E-state index in [1.165, 1.54) is 75.9 Å². The van der Waals surface area contributed by atoms with Crippen LogP contribution in [-0.4, -0.2) is 104 Å². The van der Waals surface area contributed by atoms with Crippen LogP contribution in [0.1, 0.15) is 101 Å². The van der Waals surface area contributed by atoms with Crippen LogP contribution in [0.25, 0.3) is 0 Å². The Morgan fingerprint density at radius 2 is 1.46 bits per heavy atom. The summed E-state index contributed by atoms with van der Waals surface area (Å²) in [5.41, 5.74) is 0.292. The van der Waals surface area contributed by atoms with Gasteiger partial charge in [0.05, 0.1) is 25.4 Å². The molecule has 0 radical (unpaired) electrons. The summed E-state index contributed by atoms with van der Waals surface area (Å²) >= 11 is 0. The van der Waals surface area contributed by atoms with Gasteiger partial charge in [0.15, 0.2) is 6.29 Å². The van der Waals surface area contributed by atoms with Gasteiger partial charge in [-0.3, -0.25) is 9.78 Å². The molecule has 1 aliphatic heterocycles. The third-order valence-corrected chi connectivity index (χ3v) is 7.71. The van der Waals surface area contributed by atoms with Gasteiger partial charge in [0, 0.05) is 18.0 Å². The molecule has 0 bridgehead atoms. The van der Waals surface area contributed by atoms with Crippen molar-refractivity contribution in [3.05, 3.63) is 30.1 Å². The smallest absolute Gasteiger partial charge is 0.251 e. The molecule has 41 heavy (non-hydrogen) atoms. The van der Waals surface area contributed by atoms with Gasteiger partial charge in [-0.1, -0.05) is 84.0 Å². The van der Waals surface area contributed by atoms with Crippen molar-refractivity contribution in [2.75, 3.05) is 13.2 Å². The van der Waals surface area contributed by atoms with E-state index in [-0.39, 0.29) is 6.61 Å². The van der Waals surface area contributed by atoms with E-state index in [4.69, 9.17) is 9.47 Å². The first-order chi connectivity index (χ1) is 19.8. The van der Waals surface area contributed by atoms with E-state index in [9.17, 15) is 35.4 Å². The fourth-order valence-corrected chi connectivity index (χ4v) is 5.02. The van der Waals surface area contributed by atoms with Gasteiger partial charge in [0.1, 0.15) is 30.5 Å². The number of aromatic nitrogens is 1. The quantitative estimate of drug-likeness (QED) is 0.105. The monoisotopic (exact) mass is 584 g/mol. The number of aliphatic hydroxyl groups excluding tert-OH is 6. The predicted molar refractivity (Wildman–Crippen MR) is 153 cm³/mol. The second kappa shape index (κ2) is 20.2. The van der Waals surface area contributed by atoms with Crippen molar-refractivity contribution >= 4 is 5.91 Å². The fraction of sp³-hybridized carbons (Fsp3) is 0.800. The number of pyridine rings is 1. The zero-order valence-corrected chi connectivity index (χ0v) is 24.4. The molecule has 1 aliphatic rings. The highest BCUT2D eigenvalue weighted by atomic mass is 16.7. The highest BCUT2D eigenvalue weighted by Crippen LogP contribution is 2.23. The van der Waals surface area contributed by atoms with Crippen molar-refractivity contribution in [2.24, 2.45) is 0 Å². The number of nitrogens with zero attached hydrogens (tertiary/aromatic N) is 1. The van der Waals surface area contributed by atoms with Gasteiger partial charge in [-0.25, -0.2) is 0 Å². The number of rotatable bonds is 21. The maximum Gasteiger partial charge on any atom is 0.251 e. The van der Waals surface area contributed by atoms with Gasteiger partial charge in [0.2, 0.25) is 0 Å². The number of nitrogens with one attached hydrogen (secondary N) is 1. The number of unbranched alkanes of at least 4 members (excludes halogenated alkanes) is 11. The molecule has 0 unspecified atom stereocenters. The van der Waals surface area contributed by atoms with Crippen LogP contribution < -0.4 is 5.32 Å². The van der Waals surface area contributed by atoms with Crippen LogP contribution in [-0.2, 0) is 9.47 Å². The maximum atomic E-state index is 12.8. The Labute approximate surface area is 243 Å². The summed E-state index contributed by atoms with van der Waals surface area (Å²) in [6, 6.07) is 1.91. The summed E-state index contributed by atoms with van der Waals surface area (Å²) in [5, 5.41) is 64.0. The number of amides is 1. The first-order valence-corrected chi connectivity index (χ1v) is 15.3. The Bertz CT molecular complexity index is 816. The average Bonchev–Trinajstić information content (AvgIpc) is 2.99. The van der Waals surface area contributed by atoms with Gasteiger partial charge in [-0.15, -0.1) is 0 Å². The standard InChI is InChI=1S/C30H52N2O9/c1-2-3-4-5-6-7-8-9-10-11-12-13-14-23(34)25(35)22(32-29(39)21-15-17-31-18-16-21)20-40-30-28(38)27(37)26(36)24(19-33)41-30/h15-18,22-28,30,33-38H,2-14,19-20H2,1H3,(H,32,39)/t22-,23+,24+,25-,26-,27-,28+,30-/m0/s1. The van der Waals surface area contributed by atoms with E-state index in [0.29, 0.717) is 18.4 Å². The summed E-state index contributed by atoms with van der Waals surface area (Å²) in [5.74, 6) is -0.522. The normalized spacial score (nSPS) is 25.0. The SMILES string of the molecule is CCCCCCCCCCCCCC[C@@H](O)[C@@H](O)[C@H](CO[C@H]1O[C@H](CO)[C@H](O)[C@H](O)[C@H]1O)NC(=O)c1ccncc1. The summed E-state index contributed by atoms with van der Waals surface area (Å²) < 4.78 is 10.9. The Kier molecular flexibility index (Phi) is 17.5. The fourth-order valence-electron chi connectivity index (χ4n) is 5.02. The number of aliphatic hydroxyl groups is 6. The van der Waals surface area contributed by atoms with Crippen LogP contribution in [0.4, 0.5) is 0 Å². The average molecular weight is 585 g/mol. The zero-order chi connectivity index (χ0) is 30.0. The molecule has 0 aromatic carbocycles. The van der Waals surface area contributed by atoms with E-state index in [0.717, 1.165) is 19.3 Å². The predicted octanol–water partition coefficient (Wildman–Crippen LogP) is 1.81. The minimum Gasteiger partial charge on any atom is -0.394 e. The third-order valence-electron chi connectivity index (χ3n) is 7.71. The molecule has 1 aromatic rings. The number of carbonyl (C=O) groups is 1. The van der Waals surface area contributed by atoms with E-state index >= 15 is 0 Å². The molecule has 8 atom stereocenters. The second-order valence-electron chi connectivity index (χ2n) is 11.1. The first kappa shape index (κ1) is 35.5. The molecular formula is C30H52N2O9. The lowest BCUT2D eigenvalue weighted by molar-refractivity contribution is -0.303. The molecule has 1 amide bonds. The van der Waals surface area contributed by atoms with Gasteiger partial charge >= 0.3 is 0 Å². The van der Waals surface area contributed by atoms with Crippen LogP contribution in [0.5, 0.6) is 0 Å². The third kappa shape index (κ3) is 12.6. The van der Waals surface area contributed by atoms with Crippen molar-refractivity contribution in [2.45, 2.75) is 139 Å². The van der Waals surface area contributed by atoms with E-state index < -0.39 is 61.5 Å². The summed E-state index contributed by atoms with van der Waals surface area (Å²) in [6.45, 7) is 1.23. The Balaban J connectivity index is 1.83. The number of hydrogen-bond acceptors (Lipinski definition) is 10. The molecule has 0 aliphatic carbocycles. The molecule has 7 N–H and O–H groups in total. The molecule has 1 fully saturated rings. The van der Waals surface area contributed by atoms with Crippen molar-refractivity contribution < 1.29 is 44.9 Å². The second-order valence-corrected chi connectivity index (χ2v) is 11.1. The molecule has 0 saturated carbocycles. The maximum absolute atomic E-state index is 12.8. The van der Waals surface area contributed by atoms with Crippen molar-refractivity contribution in [1.82, 2.24) is 10.3 Å². The molecule has 2 heterocycles. The van der Waals surface area contributed by atoms with E-state index in [2.05, 4.69) is 17.2 Å². The molecule has 236 valence electrons. The molecular weight excluding hydrogens is 532 g/mol. The number of hydrogen-bond donors (Lipinski definition) is 7. The Morgan fingerprint density at radius 1 is 0.902 bits per heavy atom. The lowest BCUT2D eigenvalue weighted by atomic mass is 9.98. The van der Waals surface area contributed by atoms with Crippen LogP contribution in [0.3, 0.4) is 0 Å². The minimum absolute atomic E-state index is 0.292. The highest BCUT2D eigenvalue weighted by Gasteiger charge is 2.44.